The number of fused-ring (bicyclic) bond motifs is 3. The maximum atomic E-state index is 13.4. The standard InChI is InChI=1S/C50H76N2O9/c1-3-5-7-9-11-13-15-17-19-21-23-29-37-59-49(57)52(50(58)60-38-30-24-22-20-18-16-14-12-10-8-6-4-2)46(53)36-35-45(47(54)55)51-48(56)61-39-44-42-33-27-25-31-40(42)41-32-26-28-34-43(41)44/h25-28,31-34,44-45H,3-24,29-30,35-39H2,1-2H3,(H,51,56)(H,54,55). The largest absolute Gasteiger partial charge is 0.480 e. The molecule has 2 N–H and O–H groups in total. The SMILES string of the molecule is CCCCCCCCCCCCCCOC(=O)N(C(=O)CCC(NC(=O)OCC1c2ccccc2-c2ccccc21)C(=O)O)C(=O)OCCCCCCCCCCCCCC. The molecule has 2 aromatic rings. The number of amides is 4. The van der Waals surface area contributed by atoms with Crippen LogP contribution in [0.15, 0.2) is 48.5 Å². The highest BCUT2D eigenvalue weighted by Crippen LogP contribution is 2.44. The van der Waals surface area contributed by atoms with Crippen molar-refractivity contribution in [3.05, 3.63) is 59.7 Å². The minimum Gasteiger partial charge on any atom is -0.480 e. The topological polar surface area (TPSA) is 149 Å². The molecule has 11 nitrogen and oxygen atoms in total. The first-order valence-electron chi connectivity index (χ1n) is 23.8. The van der Waals surface area contributed by atoms with Crippen molar-refractivity contribution in [3.63, 3.8) is 0 Å². The Hall–Kier alpha value is -4.41. The lowest BCUT2D eigenvalue weighted by Crippen LogP contribution is -2.45. The fraction of sp³-hybridized carbons (Fsp3) is 0.660. The van der Waals surface area contributed by atoms with E-state index in [1.165, 1.54) is 103 Å². The summed E-state index contributed by atoms with van der Waals surface area (Å²) in [7, 11) is 0. The molecule has 61 heavy (non-hydrogen) atoms. The number of carbonyl (C=O) groups is 5. The van der Waals surface area contributed by atoms with Gasteiger partial charge in [-0.15, -0.1) is 4.90 Å². The van der Waals surface area contributed by atoms with Crippen molar-refractivity contribution in [3.8, 4) is 11.1 Å². The number of carboxylic acids is 1. The molecule has 0 radical (unpaired) electrons. The summed E-state index contributed by atoms with van der Waals surface area (Å²) in [5, 5.41) is 12.3. The summed E-state index contributed by atoms with van der Waals surface area (Å²) in [5.41, 5.74) is 4.12. The zero-order valence-corrected chi connectivity index (χ0v) is 37.4. The number of nitrogens with zero attached hydrogens (tertiary/aromatic N) is 1. The second-order valence-corrected chi connectivity index (χ2v) is 16.6. The number of ether oxygens (including phenoxy) is 3. The second-order valence-electron chi connectivity index (χ2n) is 16.6. The number of rotatable bonds is 33. The van der Waals surface area contributed by atoms with E-state index in [0.29, 0.717) is 17.7 Å². The second kappa shape index (κ2) is 31.4. The van der Waals surface area contributed by atoms with Crippen molar-refractivity contribution >= 4 is 30.2 Å². The monoisotopic (exact) mass is 849 g/mol. The Bertz CT molecular complexity index is 1490. The number of imide groups is 3. The van der Waals surface area contributed by atoms with E-state index in [1.54, 1.807) is 0 Å². The molecule has 0 spiro atoms. The van der Waals surface area contributed by atoms with E-state index < -0.39 is 49.0 Å². The van der Waals surface area contributed by atoms with Gasteiger partial charge in [-0.05, 0) is 41.5 Å². The molecule has 1 aliphatic rings. The number of benzene rings is 2. The zero-order chi connectivity index (χ0) is 43.9. The van der Waals surface area contributed by atoms with Gasteiger partial charge in [0.1, 0.15) is 12.6 Å². The van der Waals surface area contributed by atoms with Crippen LogP contribution in [0.25, 0.3) is 11.1 Å². The van der Waals surface area contributed by atoms with Crippen LogP contribution in [0, 0.1) is 0 Å². The van der Waals surface area contributed by atoms with E-state index >= 15 is 0 Å². The van der Waals surface area contributed by atoms with E-state index in [-0.39, 0.29) is 25.7 Å². The van der Waals surface area contributed by atoms with Crippen molar-refractivity contribution < 1.29 is 43.3 Å². The summed E-state index contributed by atoms with van der Waals surface area (Å²) in [6.07, 6.45) is 23.2. The van der Waals surface area contributed by atoms with Gasteiger partial charge in [0.15, 0.2) is 0 Å². The third kappa shape index (κ3) is 19.9. The summed E-state index contributed by atoms with van der Waals surface area (Å²) in [6, 6.07) is 14.2. The third-order valence-electron chi connectivity index (χ3n) is 11.6. The number of nitrogens with one attached hydrogen (secondary N) is 1. The summed E-state index contributed by atoms with van der Waals surface area (Å²) >= 11 is 0. The molecule has 0 saturated carbocycles. The smallest absolute Gasteiger partial charge is 0.426 e. The van der Waals surface area contributed by atoms with Crippen LogP contribution in [-0.4, -0.2) is 66.0 Å². The molecule has 0 saturated heterocycles. The molecule has 0 aromatic heterocycles. The minimum absolute atomic E-state index is 0.0189. The van der Waals surface area contributed by atoms with Crippen molar-refractivity contribution in [2.45, 2.75) is 193 Å². The van der Waals surface area contributed by atoms with Gasteiger partial charge in [0.25, 0.3) is 0 Å². The van der Waals surface area contributed by atoms with Gasteiger partial charge in [-0.1, -0.05) is 204 Å². The van der Waals surface area contributed by atoms with E-state index in [1.807, 2.05) is 48.5 Å². The minimum atomic E-state index is -1.52. The first-order valence-corrected chi connectivity index (χ1v) is 23.8. The molecule has 1 atom stereocenters. The molecule has 2 aromatic carbocycles. The lowest BCUT2D eigenvalue weighted by Gasteiger charge is -2.20. The van der Waals surface area contributed by atoms with Crippen LogP contribution in [0.3, 0.4) is 0 Å². The maximum Gasteiger partial charge on any atom is 0.426 e. The Morgan fingerprint density at radius 1 is 0.557 bits per heavy atom. The quantitative estimate of drug-likeness (QED) is 0.0529. The zero-order valence-electron chi connectivity index (χ0n) is 37.4. The average molecular weight is 849 g/mol. The Kier molecular flexibility index (Phi) is 26.3. The van der Waals surface area contributed by atoms with E-state index in [9.17, 15) is 29.1 Å². The van der Waals surface area contributed by atoms with Crippen molar-refractivity contribution in [1.29, 1.82) is 0 Å². The lowest BCUT2D eigenvalue weighted by molar-refractivity contribution is -0.139. The number of alkyl carbamates (subject to hydrolysis) is 1. The van der Waals surface area contributed by atoms with Crippen LogP contribution in [0.4, 0.5) is 14.4 Å². The number of hydrogen-bond acceptors (Lipinski definition) is 8. The summed E-state index contributed by atoms with van der Waals surface area (Å²) < 4.78 is 16.3. The van der Waals surface area contributed by atoms with Crippen LogP contribution in [-0.2, 0) is 23.8 Å². The highest BCUT2D eigenvalue weighted by atomic mass is 16.6. The van der Waals surface area contributed by atoms with E-state index in [4.69, 9.17) is 14.2 Å². The average Bonchev–Trinajstić information content (AvgIpc) is 3.58. The molecule has 0 aliphatic heterocycles. The predicted octanol–water partition coefficient (Wildman–Crippen LogP) is 13.3. The van der Waals surface area contributed by atoms with Gasteiger partial charge in [-0.3, -0.25) is 4.79 Å². The summed E-state index contributed by atoms with van der Waals surface area (Å²) in [5.74, 6) is -2.59. The molecular formula is C50H76N2O9. The van der Waals surface area contributed by atoms with Crippen molar-refractivity contribution in [2.24, 2.45) is 0 Å². The Balaban J connectivity index is 1.45. The highest BCUT2D eigenvalue weighted by Gasteiger charge is 2.34. The van der Waals surface area contributed by atoms with E-state index in [2.05, 4.69) is 19.2 Å². The fourth-order valence-corrected chi connectivity index (χ4v) is 8.03. The van der Waals surface area contributed by atoms with Gasteiger partial charge in [-0.25, -0.2) is 19.2 Å². The number of hydrogen-bond donors (Lipinski definition) is 2. The molecule has 1 unspecified atom stereocenters. The molecule has 1 aliphatic carbocycles. The van der Waals surface area contributed by atoms with Gasteiger partial charge in [-0.2, -0.15) is 0 Å². The van der Waals surface area contributed by atoms with Crippen molar-refractivity contribution in [1.82, 2.24) is 10.2 Å². The summed E-state index contributed by atoms with van der Waals surface area (Å²) in [6.45, 7) is 4.50. The van der Waals surface area contributed by atoms with Crippen LogP contribution in [0.1, 0.15) is 198 Å². The number of carboxylic acid groups (broad SMARTS) is 1. The number of carbonyl (C=O) groups excluding carboxylic acids is 4. The molecule has 11 heteroatoms. The van der Waals surface area contributed by atoms with Crippen LogP contribution < -0.4 is 5.32 Å². The molecule has 0 bridgehead atoms. The Morgan fingerprint density at radius 2 is 0.934 bits per heavy atom. The van der Waals surface area contributed by atoms with Crippen LogP contribution >= 0.6 is 0 Å². The normalized spacial score (nSPS) is 12.3. The first-order chi connectivity index (χ1) is 29.8. The molecule has 0 fully saturated rings. The maximum absolute atomic E-state index is 13.4. The van der Waals surface area contributed by atoms with Crippen LogP contribution in [0.2, 0.25) is 0 Å². The van der Waals surface area contributed by atoms with Gasteiger partial charge in [0.2, 0.25) is 5.91 Å². The summed E-state index contributed by atoms with van der Waals surface area (Å²) in [4.78, 5) is 65.2. The van der Waals surface area contributed by atoms with E-state index in [0.717, 1.165) is 60.8 Å². The first kappa shape index (κ1) is 50.9. The Labute approximate surface area is 366 Å². The third-order valence-corrected chi connectivity index (χ3v) is 11.6. The molecule has 340 valence electrons. The van der Waals surface area contributed by atoms with Gasteiger partial charge in [0, 0.05) is 12.3 Å². The molecular weight excluding hydrogens is 773 g/mol. The van der Waals surface area contributed by atoms with Gasteiger partial charge in [0.05, 0.1) is 13.2 Å². The Morgan fingerprint density at radius 3 is 1.33 bits per heavy atom. The number of aliphatic carboxylic acids is 1. The number of unbranched alkanes of at least 4 members (excludes halogenated alkanes) is 22. The van der Waals surface area contributed by atoms with Crippen LogP contribution in [0.5, 0.6) is 0 Å². The predicted molar refractivity (Wildman–Crippen MR) is 241 cm³/mol. The molecule has 4 amide bonds. The van der Waals surface area contributed by atoms with Gasteiger partial charge >= 0.3 is 24.2 Å². The van der Waals surface area contributed by atoms with Gasteiger partial charge < -0.3 is 24.6 Å². The van der Waals surface area contributed by atoms with Crippen molar-refractivity contribution in [2.75, 3.05) is 19.8 Å². The molecule has 0 heterocycles. The lowest BCUT2D eigenvalue weighted by atomic mass is 9.98. The fourth-order valence-electron chi connectivity index (χ4n) is 8.03. The molecule has 3 rings (SSSR count). The highest BCUT2D eigenvalue weighted by molar-refractivity contribution is 6.06.